The number of halogens is 1. The van der Waals surface area contributed by atoms with Gasteiger partial charge in [0.1, 0.15) is 12.4 Å². The number of carbonyl (C=O) groups is 1. The lowest BCUT2D eigenvalue weighted by molar-refractivity contribution is 0.0698. The Hall–Kier alpha value is -2.71. The molecule has 106 valence electrons. The lowest BCUT2D eigenvalue weighted by Gasteiger charge is -2.09. The van der Waals surface area contributed by atoms with Gasteiger partial charge in [-0.05, 0) is 24.3 Å². The van der Waals surface area contributed by atoms with Crippen molar-refractivity contribution in [1.82, 2.24) is 0 Å². The number of hydrogen-bond acceptors (Lipinski definition) is 4. The van der Waals surface area contributed by atoms with Crippen molar-refractivity contribution in [3.05, 3.63) is 58.1 Å². The van der Waals surface area contributed by atoms with Gasteiger partial charge in [0.25, 0.3) is 0 Å². The van der Waals surface area contributed by atoms with E-state index >= 15 is 0 Å². The van der Waals surface area contributed by atoms with Crippen molar-refractivity contribution in [3.63, 3.8) is 0 Å². The molecule has 2 rings (SSSR count). The molecule has 0 aliphatic rings. The van der Waals surface area contributed by atoms with Crippen LogP contribution in [-0.4, -0.2) is 11.1 Å². The van der Waals surface area contributed by atoms with E-state index in [2.05, 4.69) is 0 Å². The van der Waals surface area contributed by atoms with Crippen LogP contribution >= 0.6 is 11.6 Å². The quantitative estimate of drug-likeness (QED) is 0.846. The summed E-state index contributed by atoms with van der Waals surface area (Å²) in [5.74, 6) is -0.646. The molecule has 2 aromatic rings. The van der Waals surface area contributed by atoms with E-state index in [4.69, 9.17) is 32.4 Å². The van der Waals surface area contributed by atoms with Gasteiger partial charge in [0.05, 0.1) is 17.2 Å². The molecule has 6 heteroatoms. The van der Waals surface area contributed by atoms with Crippen molar-refractivity contribution in [3.8, 4) is 11.8 Å². The van der Waals surface area contributed by atoms with E-state index in [1.165, 1.54) is 18.2 Å². The van der Waals surface area contributed by atoms with Gasteiger partial charge >= 0.3 is 5.97 Å². The maximum atomic E-state index is 10.9. The first kappa shape index (κ1) is 14.7. The Bertz CT molecular complexity index is 738. The van der Waals surface area contributed by atoms with E-state index in [1.54, 1.807) is 18.2 Å². The van der Waals surface area contributed by atoms with Crippen molar-refractivity contribution in [2.45, 2.75) is 6.61 Å². The van der Waals surface area contributed by atoms with Crippen molar-refractivity contribution in [2.24, 2.45) is 0 Å². The third kappa shape index (κ3) is 3.44. The Morgan fingerprint density at radius 1 is 1.33 bits per heavy atom. The van der Waals surface area contributed by atoms with Crippen LogP contribution < -0.4 is 10.5 Å². The van der Waals surface area contributed by atoms with Gasteiger partial charge in [-0.25, -0.2) is 4.79 Å². The third-order valence-electron chi connectivity index (χ3n) is 2.83. The van der Waals surface area contributed by atoms with E-state index in [1.807, 2.05) is 6.07 Å². The largest absolute Gasteiger partial charge is 0.489 e. The van der Waals surface area contributed by atoms with Gasteiger partial charge in [0, 0.05) is 22.3 Å². The van der Waals surface area contributed by atoms with Gasteiger partial charge in [-0.15, -0.1) is 0 Å². The fraction of sp³-hybridized carbons (Fsp3) is 0.0667. The average Bonchev–Trinajstić information content (AvgIpc) is 2.45. The van der Waals surface area contributed by atoms with E-state index in [0.717, 1.165) is 5.56 Å². The Kier molecular flexibility index (Phi) is 4.31. The molecule has 0 unspecified atom stereocenters. The van der Waals surface area contributed by atoms with Crippen LogP contribution in [0.15, 0.2) is 36.4 Å². The minimum Gasteiger partial charge on any atom is -0.489 e. The normalized spacial score (nSPS) is 9.90. The van der Waals surface area contributed by atoms with Gasteiger partial charge in [0.15, 0.2) is 0 Å². The number of anilines is 1. The minimum absolute atomic E-state index is 0.0266. The number of benzene rings is 2. The Labute approximate surface area is 126 Å². The Morgan fingerprint density at radius 3 is 2.67 bits per heavy atom. The Morgan fingerprint density at radius 2 is 2.10 bits per heavy atom. The number of hydrogen-bond donors (Lipinski definition) is 2. The molecule has 2 aromatic carbocycles. The summed E-state index contributed by atoms with van der Waals surface area (Å²) < 4.78 is 5.52. The second-order valence-corrected chi connectivity index (χ2v) is 4.67. The maximum absolute atomic E-state index is 10.9. The summed E-state index contributed by atoms with van der Waals surface area (Å²) in [5, 5.41) is 18.1. The monoisotopic (exact) mass is 302 g/mol. The minimum atomic E-state index is -1.09. The summed E-state index contributed by atoms with van der Waals surface area (Å²) in [6.07, 6.45) is 0. The predicted molar refractivity (Wildman–Crippen MR) is 78.3 cm³/mol. The van der Waals surface area contributed by atoms with E-state index < -0.39 is 5.97 Å². The molecule has 5 nitrogen and oxygen atoms in total. The van der Waals surface area contributed by atoms with Gasteiger partial charge in [0.2, 0.25) is 0 Å². The lowest BCUT2D eigenvalue weighted by atomic mass is 10.1. The van der Waals surface area contributed by atoms with E-state index in [0.29, 0.717) is 16.3 Å². The highest BCUT2D eigenvalue weighted by molar-refractivity contribution is 6.31. The zero-order valence-electron chi connectivity index (χ0n) is 10.8. The highest BCUT2D eigenvalue weighted by Crippen LogP contribution is 2.23. The zero-order chi connectivity index (χ0) is 15.4. The van der Waals surface area contributed by atoms with E-state index in [-0.39, 0.29) is 17.9 Å². The first-order valence-electron chi connectivity index (χ1n) is 5.95. The van der Waals surface area contributed by atoms with Gasteiger partial charge < -0.3 is 15.6 Å². The van der Waals surface area contributed by atoms with Crippen LogP contribution in [0, 0.1) is 11.3 Å². The number of rotatable bonds is 4. The summed E-state index contributed by atoms with van der Waals surface area (Å²) in [6.45, 7) is 0.191. The second-order valence-electron chi connectivity index (χ2n) is 4.26. The average molecular weight is 303 g/mol. The molecule has 0 saturated heterocycles. The number of aromatic carboxylic acids is 1. The number of nitrogens with two attached hydrogens (primary N) is 1. The van der Waals surface area contributed by atoms with Crippen molar-refractivity contribution in [2.75, 3.05) is 5.73 Å². The van der Waals surface area contributed by atoms with Crippen LogP contribution in [0.1, 0.15) is 21.5 Å². The smallest absolute Gasteiger partial charge is 0.337 e. The predicted octanol–water partition coefficient (Wildman–Crippen LogP) is 3.07. The summed E-state index contributed by atoms with van der Waals surface area (Å²) in [5.41, 5.74) is 6.98. The molecule has 0 fully saturated rings. The van der Waals surface area contributed by atoms with Crippen molar-refractivity contribution < 1.29 is 14.6 Å². The third-order valence-corrected chi connectivity index (χ3v) is 3.18. The SMILES string of the molecule is N#Cc1ccc(COc2ccc(C(=O)O)c(N)c2)c(Cl)c1. The molecular formula is C15H11ClN2O3. The molecule has 0 aliphatic carbocycles. The van der Waals surface area contributed by atoms with Gasteiger partial charge in [-0.1, -0.05) is 17.7 Å². The summed E-state index contributed by atoms with van der Waals surface area (Å²) in [6, 6.07) is 11.3. The van der Waals surface area contributed by atoms with Crippen molar-refractivity contribution in [1.29, 1.82) is 5.26 Å². The first-order valence-corrected chi connectivity index (χ1v) is 6.33. The lowest BCUT2D eigenvalue weighted by Crippen LogP contribution is -2.03. The fourth-order valence-corrected chi connectivity index (χ4v) is 1.96. The van der Waals surface area contributed by atoms with Crippen LogP contribution in [0.3, 0.4) is 0 Å². The summed E-state index contributed by atoms with van der Waals surface area (Å²) in [7, 11) is 0. The maximum Gasteiger partial charge on any atom is 0.337 e. The molecule has 0 spiro atoms. The van der Waals surface area contributed by atoms with Crippen LogP contribution in [0.2, 0.25) is 5.02 Å². The van der Waals surface area contributed by atoms with Crippen LogP contribution in [0.4, 0.5) is 5.69 Å². The Balaban J connectivity index is 2.12. The molecule has 0 atom stereocenters. The molecule has 3 N–H and O–H groups in total. The molecule has 0 amide bonds. The number of nitrogens with zero attached hydrogens (tertiary/aromatic N) is 1. The molecule has 21 heavy (non-hydrogen) atoms. The topological polar surface area (TPSA) is 96.3 Å². The van der Waals surface area contributed by atoms with Crippen LogP contribution in [0.25, 0.3) is 0 Å². The van der Waals surface area contributed by atoms with Crippen LogP contribution in [-0.2, 0) is 6.61 Å². The molecule has 0 heterocycles. The first-order chi connectivity index (χ1) is 10.0. The number of carboxylic acids is 1. The highest BCUT2D eigenvalue weighted by atomic mass is 35.5. The van der Waals surface area contributed by atoms with Gasteiger partial charge in [-0.3, -0.25) is 0 Å². The molecule has 0 radical (unpaired) electrons. The molecule has 0 saturated carbocycles. The summed E-state index contributed by atoms with van der Waals surface area (Å²) in [4.78, 5) is 10.9. The van der Waals surface area contributed by atoms with Crippen molar-refractivity contribution >= 4 is 23.3 Å². The fourth-order valence-electron chi connectivity index (χ4n) is 1.72. The number of carboxylic acid groups (broad SMARTS) is 1. The van der Waals surface area contributed by atoms with Gasteiger partial charge in [-0.2, -0.15) is 5.26 Å². The number of nitriles is 1. The highest BCUT2D eigenvalue weighted by Gasteiger charge is 2.09. The molecular weight excluding hydrogens is 292 g/mol. The number of nitrogen functional groups attached to an aromatic ring is 1. The van der Waals surface area contributed by atoms with Crippen LogP contribution in [0.5, 0.6) is 5.75 Å². The standard InChI is InChI=1S/C15H11ClN2O3/c16-13-5-9(7-17)1-2-10(13)8-21-11-3-4-12(15(19)20)14(18)6-11/h1-6H,8,18H2,(H,19,20). The molecule has 0 aromatic heterocycles. The molecule has 0 aliphatic heterocycles. The zero-order valence-corrected chi connectivity index (χ0v) is 11.6. The summed E-state index contributed by atoms with van der Waals surface area (Å²) >= 11 is 6.04. The number of ether oxygens (including phenoxy) is 1. The molecule has 0 bridgehead atoms. The second kappa shape index (κ2) is 6.16. The van der Waals surface area contributed by atoms with E-state index in [9.17, 15) is 4.79 Å².